The summed E-state index contributed by atoms with van der Waals surface area (Å²) in [4.78, 5) is 19.2. The number of nitrogens with zero attached hydrogens (tertiary/aromatic N) is 3. The highest BCUT2D eigenvalue weighted by Gasteiger charge is 2.42. The summed E-state index contributed by atoms with van der Waals surface area (Å²) in [6, 6.07) is 5.78. The Hall–Kier alpha value is -2.37. The molecule has 3 aliphatic heterocycles. The maximum Gasteiger partial charge on any atom is 0.253 e. The Kier molecular flexibility index (Phi) is 4.21. The maximum atomic E-state index is 13.0. The fourth-order valence-corrected chi connectivity index (χ4v) is 4.19. The summed E-state index contributed by atoms with van der Waals surface area (Å²) in [5, 5.41) is 0. The van der Waals surface area contributed by atoms with Crippen molar-refractivity contribution in [1.29, 1.82) is 0 Å². The minimum absolute atomic E-state index is 0.0758. The lowest BCUT2D eigenvalue weighted by Crippen LogP contribution is -2.37. The summed E-state index contributed by atoms with van der Waals surface area (Å²) < 4.78 is 11.8. The van der Waals surface area contributed by atoms with Crippen LogP contribution in [-0.2, 0) is 4.74 Å². The van der Waals surface area contributed by atoms with Crippen LogP contribution in [-0.4, -0.2) is 68.2 Å². The number of likely N-dealkylation sites (N-methyl/N-ethyl adjacent to an activating group) is 2. The van der Waals surface area contributed by atoms with Gasteiger partial charge in [0.15, 0.2) is 5.88 Å². The van der Waals surface area contributed by atoms with Gasteiger partial charge in [-0.25, -0.2) is 0 Å². The van der Waals surface area contributed by atoms with Gasteiger partial charge < -0.3 is 24.2 Å². The van der Waals surface area contributed by atoms with E-state index in [1.807, 2.05) is 37.2 Å². The van der Waals surface area contributed by atoms with Gasteiger partial charge in [0.1, 0.15) is 18.0 Å². The number of carbonyl (C=O) groups is 1. The third-order valence-electron chi connectivity index (χ3n) is 5.77. The van der Waals surface area contributed by atoms with Crippen LogP contribution >= 0.6 is 0 Å². The van der Waals surface area contributed by atoms with E-state index in [9.17, 15) is 4.79 Å². The van der Waals surface area contributed by atoms with Crippen molar-refractivity contribution >= 4 is 11.6 Å². The van der Waals surface area contributed by atoms with Crippen LogP contribution in [0.25, 0.3) is 0 Å². The highest BCUT2D eigenvalue weighted by atomic mass is 16.5. The van der Waals surface area contributed by atoms with Crippen molar-refractivity contribution in [2.75, 3.05) is 51.8 Å². The summed E-state index contributed by atoms with van der Waals surface area (Å²) in [6.45, 7) is 7.82. The van der Waals surface area contributed by atoms with E-state index in [4.69, 9.17) is 9.47 Å². The number of ether oxygens (including phenoxy) is 2. The van der Waals surface area contributed by atoms with Gasteiger partial charge in [-0.3, -0.25) is 4.79 Å². The highest BCUT2D eigenvalue weighted by Crippen LogP contribution is 2.36. The second-order valence-corrected chi connectivity index (χ2v) is 7.63. The molecule has 1 spiro atoms. The van der Waals surface area contributed by atoms with E-state index >= 15 is 0 Å². The molecule has 6 heteroatoms. The summed E-state index contributed by atoms with van der Waals surface area (Å²) >= 11 is 0. The van der Waals surface area contributed by atoms with Gasteiger partial charge in [0.25, 0.3) is 5.91 Å². The Morgan fingerprint density at radius 1 is 1.15 bits per heavy atom. The largest absolute Gasteiger partial charge is 0.490 e. The van der Waals surface area contributed by atoms with E-state index < -0.39 is 0 Å². The van der Waals surface area contributed by atoms with Gasteiger partial charge in [-0.1, -0.05) is 0 Å². The molecule has 1 aromatic carbocycles. The van der Waals surface area contributed by atoms with Crippen LogP contribution in [0, 0.1) is 0 Å². The second-order valence-electron chi connectivity index (χ2n) is 7.63. The van der Waals surface area contributed by atoms with Gasteiger partial charge in [0.05, 0.1) is 18.8 Å². The van der Waals surface area contributed by atoms with Crippen molar-refractivity contribution in [2.24, 2.45) is 0 Å². The average Bonchev–Trinajstić information content (AvgIpc) is 2.79. The smallest absolute Gasteiger partial charge is 0.253 e. The van der Waals surface area contributed by atoms with Crippen LogP contribution < -0.4 is 9.64 Å². The Morgan fingerprint density at radius 3 is 2.77 bits per heavy atom. The molecule has 2 fully saturated rings. The van der Waals surface area contributed by atoms with Gasteiger partial charge in [0.2, 0.25) is 0 Å². The van der Waals surface area contributed by atoms with Crippen LogP contribution in [0.1, 0.15) is 29.6 Å². The molecule has 0 N–H and O–H groups in total. The zero-order chi connectivity index (χ0) is 18.3. The number of fused-ring (bicyclic) bond motifs is 1. The molecule has 4 rings (SSSR count). The van der Waals surface area contributed by atoms with Crippen LogP contribution in [0.3, 0.4) is 0 Å². The van der Waals surface area contributed by atoms with Gasteiger partial charge in [0, 0.05) is 39.2 Å². The molecule has 0 aliphatic carbocycles. The molecule has 1 unspecified atom stereocenters. The monoisotopic (exact) mass is 357 g/mol. The first kappa shape index (κ1) is 17.1. The Balaban J connectivity index is 1.48. The predicted molar refractivity (Wildman–Crippen MR) is 101 cm³/mol. The SMILES string of the molecule is C=C1OC2(CCCN(C(=O)c3ccc4c(c3)OCCN4C)CC2)CN1C. The van der Waals surface area contributed by atoms with E-state index in [0.717, 1.165) is 56.2 Å². The number of carbonyl (C=O) groups excluding carboxylic acids is 1. The number of likely N-dealkylation sites (tertiary alicyclic amines) is 1. The minimum Gasteiger partial charge on any atom is -0.490 e. The summed E-state index contributed by atoms with van der Waals surface area (Å²) in [5.41, 5.74) is 1.55. The van der Waals surface area contributed by atoms with E-state index in [1.165, 1.54) is 0 Å². The van der Waals surface area contributed by atoms with E-state index in [2.05, 4.69) is 16.4 Å². The summed E-state index contributed by atoms with van der Waals surface area (Å²) in [7, 11) is 4.05. The lowest BCUT2D eigenvalue weighted by Gasteiger charge is -2.28. The lowest BCUT2D eigenvalue weighted by atomic mass is 9.95. The van der Waals surface area contributed by atoms with Gasteiger partial charge >= 0.3 is 0 Å². The van der Waals surface area contributed by atoms with Crippen LogP contribution in [0.5, 0.6) is 5.75 Å². The fraction of sp³-hybridized carbons (Fsp3) is 0.550. The lowest BCUT2D eigenvalue weighted by molar-refractivity contribution is 0.0355. The molecule has 1 atom stereocenters. The van der Waals surface area contributed by atoms with Crippen molar-refractivity contribution in [3.63, 3.8) is 0 Å². The Labute approximate surface area is 155 Å². The number of anilines is 1. The van der Waals surface area contributed by atoms with E-state index in [-0.39, 0.29) is 11.5 Å². The first-order valence-corrected chi connectivity index (χ1v) is 9.34. The van der Waals surface area contributed by atoms with Crippen LogP contribution in [0.4, 0.5) is 5.69 Å². The minimum atomic E-state index is -0.192. The maximum absolute atomic E-state index is 13.0. The van der Waals surface area contributed by atoms with Crippen LogP contribution in [0.15, 0.2) is 30.7 Å². The van der Waals surface area contributed by atoms with E-state index in [1.54, 1.807) is 0 Å². The highest BCUT2D eigenvalue weighted by molar-refractivity contribution is 5.95. The molecule has 0 bridgehead atoms. The number of hydrogen-bond donors (Lipinski definition) is 0. The molecule has 1 aromatic rings. The number of benzene rings is 1. The quantitative estimate of drug-likeness (QED) is 0.772. The number of rotatable bonds is 1. The topological polar surface area (TPSA) is 45.2 Å². The number of hydrogen-bond acceptors (Lipinski definition) is 5. The fourth-order valence-electron chi connectivity index (χ4n) is 4.19. The molecule has 0 aromatic heterocycles. The van der Waals surface area contributed by atoms with Gasteiger partial charge in [-0.05, 0) is 37.6 Å². The van der Waals surface area contributed by atoms with Crippen molar-refractivity contribution < 1.29 is 14.3 Å². The number of amides is 1. The standard InChI is InChI=1S/C20H27N3O3/c1-15-22(3)14-20(26-15)7-4-9-23(10-8-20)19(24)16-5-6-17-18(13-16)25-12-11-21(17)2/h5-6,13H,1,4,7-12,14H2,2-3H3. The van der Waals surface area contributed by atoms with E-state index in [0.29, 0.717) is 18.7 Å². The molecule has 0 radical (unpaired) electrons. The molecule has 2 saturated heterocycles. The second kappa shape index (κ2) is 6.41. The summed E-state index contributed by atoms with van der Waals surface area (Å²) in [5.74, 6) is 1.61. The first-order chi connectivity index (χ1) is 12.5. The molecule has 1 amide bonds. The molecule has 6 nitrogen and oxygen atoms in total. The zero-order valence-corrected chi connectivity index (χ0v) is 15.7. The third-order valence-corrected chi connectivity index (χ3v) is 5.77. The molecular weight excluding hydrogens is 330 g/mol. The predicted octanol–water partition coefficient (Wildman–Crippen LogP) is 2.31. The molecular formula is C20H27N3O3. The van der Waals surface area contributed by atoms with Gasteiger partial charge in [-0.15, -0.1) is 0 Å². The average molecular weight is 357 g/mol. The molecule has 3 heterocycles. The zero-order valence-electron chi connectivity index (χ0n) is 15.7. The Bertz CT molecular complexity index is 735. The van der Waals surface area contributed by atoms with Crippen molar-refractivity contribution in [2.45, 2.75) is 24.9 Å². The molecule has 26 heavy (non-hydrogen) atoms. The molecule has 3 aliphatic rings. The third kappa shape index (κ3) is 2.97. The van der Waals surface area contributed by atoms with Gasteiger partial charge in [-0.2, -0.15) is 0 Å². The van der Waals surface area contributed by atoms with Crippen molar-refractivity contribution in [3.8, 4) is 5.75 Å². The summed E-state index contributed by atoms with van der Waals surface area (Å²) in [6.07, 6.45) is 2.74. The molecule has 140 valence electrons. The van der Waals surface area contributed by atoms with Crippen molar-refractivity contribution in [3.05, 3.63) is 36.2 Å². The normalized spacial score (nSPS) is 25.6. The van der Waals surface area contributed by atoms with Crippen LogP contribution in [0.2, 0.25) is 0 Å². The molecule has 0 saturated carbocycles. The van der Waals surface area contributed by atoms with Crippen molar-refractivity contribution in [1.82, 2.24) is 9.80 Å². The Morgan fingerprint density at radius 2 is 2.00 bits per heavy atom. The first-order valence-electron chi connectivity index (χ1n) is 9.34.